The Hall–Kier alpha value is -3.68. The van der Waals surface area contributed by atoms with E-state index in [0.29, 0.717) is 29.0 Å². The molecule has 4 aromatic heterocycles. The Balaban J connectivity index is 1.90. The van der Waals surface area contributed by atoms with Gasteiger partial charge in [-0.2, -0.15) is 0 Å². The molecule has 0 aliphatic heterocycles. The number of aromatic nitrogens is 3. The number of hydrogen-bond acceptors (Lipinski definition) is 5. The lowest BCUT2D eigenvalue weighted by molar-refractivity contribution is -0.658. The lowest BCUT2D eigenvalue weighted by Gasteiger charge is -2.12. The molecule has 0 aliphatic carbocycles. The van der Waals surface area contributed by atoms with Crippen LogP contribution in [0.3, 0.4) is 0 Å². The minimum Gasteiger partial charge on any atom is -0.467 e. The highest BCUT2D eigenvalue weighted by molar-refractivity contribution is 6.00. The molecule has 0 radical (unpaired) electrons. The Morgan fingerprint density at radius 3 is 2.90 bits per heavy atom. The highest BCUT2D eigenvalue weighted by atomic mass is 16.3. The van der Waals surface area contributed by atoms with Gasteiger partial charge in [0.05, 0.1) is 19.4 Å². The molecule has 29 heavy (non-hydrogen) atoms. The van der Waals surface area contributed by atoms with Gasteiger partial charge in [0.2, 0.25) is 11.5 Å². The molecule has 0 saturated carbocycles. The van der Waals surface area contributed by atoms with E-state index in [9.17, 15) is 9.59 Å². The van der Waals surface area contributed by atoms with Crippen molar-refractivity contribution in [3.63, 3.8) is 0 Å². The Morgan fingerprint density at radius 2 is 2.17 bits per heavy atom. The first kappa shape index (κ1) is 18.7. The molecule has 0 aromatic carbocycles. The normalized spacial score (nSPS) is 11.2. The number of carbonyl (C=O) groups is 1. The van der Waals surface area contributed by atoms with Gasteiger partial charge in [0.25, 0.3) is 17.1 Å². The Labute approximate surface area is 166 Å². The molecule has 0 atom stereocenters. The van der Waals surface area contributed by atoms with Crippen molar-refractivity contribution >= 4 is 28.4 Å². The maximum atomic E-state index is 13.1. The molecule has 3 N–H and O–H groups in total. The molecule has 1 amide bonds. The molecule has 0 spiro atoms. The van der Waals surface area contributed by atoms with Crippen molar-refractivity contribution in [3.8, 4) is 0 Å². The average molecular weight is 392 g/mol. The Bertz CT molecular complexity index is 1280. The maximum Gasteiger partial charge on any atom is 0.278 e. The summed E-state index contributed by atoms with van der Waals surface area (Å²) in [5.74, 6) is 0.530. The highest BCUT2D eigenvalue weighted by Crippen LogP contribution is 2.16. The predicted molar refractivity (Wildman–Crippen MR) is 108 cm³/mol. The number of furan rings is 1. The van der Waals surface area contributed by atoms with E-state index in [-0.39, 0.29) is 29.4 Å². The van der Waals surface area contributed by atoms with Crippen molar-refractivity contribution in [2.24, 2.45) is 0 Å². The van der Waals surface area contributed by atoms with Crippen LogP contribution in [0, 0.1) is 6.92 Å². The quantitative estimate of drug-likeness (QED) is 0.399. The number of amides is 1. The third-order valence-corrected chi connectivity index (χ3v) is 4.87. The van der Waals surface area contributed by atoms with Crippen molar-refractivity contribution in [1.82, 2.24) is 14.7 Å². The smallest absolute Gasteiger partial charge is 0.278 e. The lowest BCUT2D eigenvalue weighted by Crippen LogP contribution is -2.42. The van der Waals surface area contributed by atoms with E-state index < -0.39 is 0 Å². The van der Waals surface area contributed by atoms with E-state index in [0.717, 1.165) is 12.0 Å². The van der Waals surface area contributed by atoms with Gasteiger partial charge in [-0.1, -0.05) is 18.0 Å². The number of carbonyl (C=O) groups excluding carboxylic acids is 1. The van der Waals surface area contributed by atoms with E-state index >= 15 is 0 Å². The first-order valence-corrected chi connectivity index (χ1v) is 9.46. The zero-order chi connectivity index (χ0) is 20.5. The van der Waals surface area contributed by atoms with Crippen LogP contribution in [-0.4, -0.2) is 15.3 Å². The van der Waals surface area contributed by atoms with Gasteiger partial charge >= 0.3 is 0 Å². The highest BCUT2D eigenvalue weighted by Gasteiger charge is 2.24. The summed E-state index contributed by atoms with van der Waals surface area (Å²) in [5.41, 5.74) is 8.28. The molecule has 148 valence electrons. The zero-order valence-electron chi connectivity index (χ0n) is 16.3. The van der Waals surface area contributed by atoms with Gasteiger partial charge in [-0.3, -0.25) is 14.0 Å². The summed E-state index contributed by atoms with van der Waals surface area (Å²) < 4.78 is 8.48. The molecule has 4 rings (SSSR count). The van der Waals surface area contributed by atoms with E-state index in [4.69, 9.17) is 15.1 Å². The molecule has 0 saturated heterocycles. The van der Waals surface area contributed by atoms with Crippen LogP contribution >= 0.6 is 0 Å². The summed E-state index contributed by atoms with van der Waals surface area (Å²) in [4.78, 5) is 30.7. The molecule has 8 heteroatoms. The third kappa shape index (κ3) is 3.22. The van der Waals surface area contributed by atoms with Gasteiger partial charge in [-0.25, -0.2) is 4.57 Å². The van der Waals surface area contributed by atoms with Crippen LogP contribution in [0.4, 0.5) is 5.82 Å². The predicted octanol–water partition coefficient (Wildman–Crippen LogP) is 1.96. The lowest BCUT2D eigenvalue weighted by atomic mass is 10.1. The van der Waals surface area contributed by atoms with E-state index in [1.54, 1.807) is 35.2 Å². The van der Waals surface area contributed by atoms with Crippen LogP contribution in [-0.2, 0) is 13.1 Å². The number of rotatable bonds is 5. The van der Waals surface area contributed by atoms with E-state index in [1.807, 2.05) is 19.9 Å². The Morgan fingerprint density at radius 1 is 1.34 bits per heavy atom. The summed E-state index contributed by atoms with van der Waals surface area (Å²) in [5, 5.41) is 3.13. The van der Waals surface area contributed by atoms with Gasteiger partial charge in [0, 0.05) is 11.8 Å². The first-order valence-electron chi connectivity index (χ1n) is 9.46. The second kappa shape index (κ2) is 7.38. The van der Waals surface area contributed by atoms with Crippen molar-refractivity contribution in [2.75, 3.05) is 5.73 Å². The molecule has 4 heterocycles. The standard InChI is InChI=1S/C21H21N5O3/c1-3-8-25-17(22)15(20(27)23-12-14-7-5-10-29-14)11-16-19(25)24-18-13(2)6-4-9-26(18)21(16)28/h4-7,9-11,22H,3,8,12H2,1-2H3,(H,23,27)/p+1. The van der Waals surface area contributed by atoms with Crippen molar-refractivity contribution in [2.45, 2.75) is 33.4 Å². The van der Waals surface area contributed by atoms with Crippen LogP contribution in [0.25, 0.3) is 16.7 Å². The molecular formula is C21H22N5O3+. The molecular weight excluding hydrogens is 370 g/mol. The molecule has 0 unspecified atom stereocenters. The Kier molecular flexibility index (Phi) is 4.75. The van der Waals surface area contributed by atoms with Gasteiger partial charge in [0.15, 0.2) is 0 Å². The largest absolute Gasteiger partial charge is 0.467 e. The topological polar surface area (TPSA) is 107 Å². The van der Waals surface area contributed by atoms with E-state index in [1.165, 1.54) is 10.5 Å². The second-order valence-electron chi connectivity index (χ2n) is 6.90. The van der Waals surface area contributed by atoms with Gasteiger partial charge in [-0.15, -0.1) is 0 Å². The van der Waals surface area contributed by atoms with E-state index in [2.05, 4.69) is 5.32 Å². The molecule has 4 aromatic rings. The second-order valence-corrected chi connectivity index (χ2v) is 6.90. The fraction of sp³-hybridized carbons (Fsp3) is 0.238. The summed E-state index contributed by atoms with van der Waals surface area (Å²) in [6, 6.07) is 8.74. The van der Waals surface area contributed by atoms with Crippen molar-refractivity contribution in [3.05, 3.63) is 70.0 Å². The number of pyridine rings is 2. The van der Waals surface area contributed by atoms with Gasteiger partial charge < -0.3 is 15.5 Å². The molecule has 0 bridgehead atoms. The molecule has 0 fully saturated rings. The van der Waals surface area contributed by atoms with Crippen molar-refractivity contribution < 1.29 is 13.8 Å². The monoisotopic (exact) mass is 392 g/mol. The van der Waals surface area contributed by atoms with Crippen LogP contribution in [0.5, 0.6) is 0 Å². The molecule has 0 aliphatic rings. The maximum absolute atomic E-state index is 13.1. The van der Waals surface area contributed by atoms with Crippen LogP contribution in [0.15, 0.2) is 52.0 Å². The fourth-order valence-corrected chi connectivity index (χ4v) is 3.42. The molecule has 8 nitrogen and oxygen atoms in total. The summed E-state index contributed by atoms with van der Waals surface area (Å²) in [7, 11) is 0. The van der Waals surface area contributed by atoms with Crippen LogP contribution in [0.2, 0.25) is 0 Å². The number of aryl methyl sites for hydroxylation is 2. The van der Waals surface area contributed by atoms with Gasteiger partial charge in [-0.05, 0) is 37.6 Å². The number of nitrogens with zero attached hydrogens (tertiary/aromatic N) is 3. The number of nitrogen functional groups attached to an aromatic ring is 1. The SMILES string of the molecule is CCC[n+]1c(N)c(C(=O)NCc2ccco2)cc2c(=O)n3cccc(C)c3nc21. The fourth-order valence-electron chi connectivity index (χ4n) is 3.42. The average Bonchev–Trinajstić information content (AvgIpc) is 3.23. The minimum atomic E-state index is -0.376. The summed E-state index contributed by atoms with van der Waals surface area (Å²) >= 11 is 0. The van der Waals surface area contributed by atoms with Crippen LogP contribution < -0.4 is 21.2 Å². The van der Waals surface area contributed by atoms with Crippen molar-refractivity contribution in [1.29, 1.82) is 0 Å². The number of fused-ring (bicyclic) bond motifs is 2. The minimum absolute atomic E-state index is 0.227. The third-order valence-electron chi connectivity index (χ3n) is 4.87. The number of anilines is 1. The first-order chi connectivity index (χ1) is 14.0. The van der Waals surface area contributed by atoms with Crippen LogP contribution in [0.1, 0.15) is 35.0 Å². The summed E-state index contributed by atoms with van der Waals surface area (Å²) in [6.07, 6.45) is 3.99. The zero-order valence-corrected chi connectivity index (χ0v) is 16.3. The number of nitrogens with two attached hydrogens (primary N) is 1. The number of hydrogen-bond donors (Lipinski definition) is 2. The van der Waals surface area contributed by atoms with Gasteiger partial charge in [0.1, 0.15) is 16.7 Å². The number of nitrogens with one attached hydrogen (secondary N) is 1. The summed E-state index contributed by atoms with van der Waals surface area (Å²) in [6.45, 7) is 4.67.